The predicted octanol–water partition coefficient (Wildman–Crippen LogP) is 5.36. The molecule has 2 atom stereocenters. The summed E-state index contributed by atoms with van der Waals surface area (Å²) in [6.45, 7) is 3.57. The first-order chi connectivity index (χ1) is 26.1. The minimum Gasteiger partial charge on any atom is -0.496 e. The maximum Gasteiger partial charge on any atom is 0.322 e. The molecule has 3 saturated heterocycles. The summed E-state index contributed by atoms with van der Waals surface area (Å²) in [5, 5.41) is 26.7. The number of aromatic amines is 1. The number of amides is 2. The molecule has 4 heterocycles. The topological polar surface area (TPSA) is 157 Å². The van der Waals surface area contributed by atoms with Gasteiger partial charge >= 0.3 is 5.97 Å². The quantitative estimate of drug-likeness (QED) is 0.181. The molecule has 0 aliphatic carbocycles. The molecule has 2 unspecified atom stereocenters. The van der Waals surface area contributed by atoms with Crippen LogP contribution in [0.5, 0.6) is 5.75 Å². The number of nitrogens with zero attached hydrogens (tertiary/aromatic N) is 6. The lowest BCUT2D eigenvalue weighted by Crippen LogP contribution is -2.60. The van der Waals surface area contributed by atoms with Crippen molar-refractivity contribution in [3.8, 4) is 17.1 Å². The van der Waals surface area contributed by atoms with Gasteiger partial charge in [0.05, 0.1) is 28.1 Å². The Morgan fingerprint density at radius 3 is 2.44 bits per heavy atom. The van der Waals surface area contributed by atoms with E-state index >= 15 is 0 Å². The van der Waals surface area contributed by atoms with E-state index in [1.54, 1.807) is 30.3 Å². The molecule has 54 heavy (non-hydrogen) atoms. The van der Waals surface area contributed by atoms with Crippen molar-refractivity contribution in [3.63, 3.8) is 0 Å². The third kappa shape index (κ3) is 7.55. The lowest BCUT2D eigenvalue weighted by atomic mass is 9.71. The highest BCUT2D eigenvalue weighted by Gasteiger charge is 2.46. The van der Waals surface area contributed by atoms with Crippen LogP contribution in [0, 0.1) is 0 Å². The van der Waals surface area contributed by atoms with Crippen LogP contribution < -0.4 is 10.2 Å². The number of carbonyl (C=O) groups excluding carboxylic acids is 2. The molecule has 1 aromatic heterocycles. The van der Waals surface area contributed by atoms with Crippen molar-refractivity contribution in [1.29, 1.82) is 0 Å². The smallest absolute Gasteiger partial charge is 0.322 e. The second kappa shape index (κ2) is 16.0. The second-order valence-electron chi connectivity index (χ2n) is 14.6. The number of H-pyrrole nitrogens is 1. The number of nitrogens with one attached hydrogen (secondary N) is 2. The van der Waals surface area contributed by atoms with Gasteiger partial charge in [-0.1, -0.05) is 59.6 Å². The third-order valence-electron chi connectivity index (χ3n) is 11.6. The van der Waals surface area contributed by atoms with Crippen LogP contribution in [-0.4, -0.2) is 111 Å². The number of hydrazine groups is 1. The van der Waals surface area contributed by atoms with Crippen molar-refractivity contribution < 1.29 is 24.2 Å². The van der Waals surface area contributed by atoms with Crippen LogP contribution >= 0.6 is 23.2 Å². The second-order valence-corrected chi connectivity index (χ2v) is 15.4. The number of tetrazole rings is 1. The molecule has 0 saturated carbocycles. The summed E-state index contributed by atoms with van der Waals surface area (Å²) in [7, 11) is 1.54. The van der Waals surface area contributed by atoms with Crippen LogP contribution in [0.1, 0.15) is 66.4 Å². The zero-order valence-corrected chi connectivity index (χ0v) is 31.7. The zero-order valence-electron chi connectivity index (χ0n) is 30.1. The third-order valence-corrected chi connectivity index (χ3v) is 12.4. The molecule has 0 radical (unpaired) electrons. The Bertz CT molecular complexity index is 1970. The number of carboxylic acid groups (broad SMARTS) is 1. The maximum atomic E-state index is 14.2. The van der Waals surface area contributed by atoms with Crippen LogP contribution in [0.2, 0.25) is 10.0 Å². The van der Waals surface area contributed by atoms with Crippen LogP contribution in [-0.2, 0) is 20.4 Å². The standard InChI is InChI=1S/C39H44Cl2N8O5/c1-54-33-13-10-26(34-42-45-46-43-34)23-29(33)35(50)48-22-15-38(25-48,28-11-12-30(40)31(41)24-28)14-19-47-20-16-39(17-21-47,27-7-3-2-4-8-27)37(53)44-49-18-6-5-9-32(49)36(51)52/h2-4,7-8,10-13,23-24,32H,5-6,9,14-22,25H2,1H3,(H,44,53)(H,51,52)(H,42,43,45,46). The summed E-state index contributed by atoms with van der Waals surface area (Å²) in [6, 6.07) is 20.1. The fraction of sp³-hybridized carbons (Fsp3) is 0.436. The Morgan fingerprint density at radius 1 is 0.944 bits per heavy atom. The number of carbonyl (C=O) groups is 3. The number of piperidine rings is 2. The largest absolute Gasteiger partial charge is 0.496 e. The van der Waals surface area contributed by atoms with Gasteiger partial charge in [-0.15, -0.1) is 10.2 Å². The summed E-state index contributed by atoms with van der Waals surface area (Å²) >= 11 is 13.0. The summed E-state index contributed by atoms with van der Waals surface area (Å²) in [5.74, 6) is -0.396. The summed E-state index contributed by atoms with van der Waals surface area (Å²) < 4.78 is 5.61. The van der Waals surface area contributed by atoms with Crippen molar-refractivity contribution in [2.75, 3.05) is 46.4 Å². The number of hydrogen-bond donors (Lipinski definition) is 3. The minimum absolute atomic E-state index is 0.155. The average Bonchev–Trinajstić information content (AvgIpc) is 3.90. The maximum absolute atomic E-state index is 14.2. The van der Waals surface area contributed by atoms with Gasteiger partial charge in [-0.3, -0.25) is 19.8 Å². The number of aliphatic carboxylic acids is 1. The molecule has 3 aliphatic heterocycles. The number of halogens is 2. The number of ether oxygens (including phenoxy) is 1. The molecule has 3 fully saturated rings. The molecular formula is C39H44Cl2N8O5. The Morgan fingerprint density at radius 2 is 1.74 bits per heavy atom. The lowest BCUT2D eigenvalue weighted by Gasteiger charge is -2.44. The number of aromatic nitrogens is 4. The highest BCUT2D eigenvalue weighted by atomic mass is 35.5. The number of hydrogen-bond acceptors (Lipinski definition) is 9. The van der Waals surface area contributed by atoms with E-state index in [0.717, 1.165) is 36.9 Å². The van der Waals surface area contributed by atoms with E-state index in [1.165, 1.54) is 0 Å². The van der Waals surface area contributed by atoms with E-state index in [4.69, 9.17) is 27.9 Å². The summed E-state index contributed by atoms with van der Waals surface area (Å²) in [4.78, 5) is 44.7. The molecular weight excluding hydrogens is 731 g/mol. The number of likely N-dealkylation sites (tertiary alicyclic amines) is 2. The number of rotatable bonds is 11. The van der Waals surface area contributed by atoms with Crippen molar-refractivity contribution in [3.05, 3.63) is 93.5 Å². The normalized spacial score (nSPS) is 21.8. The van der Waals surface area contributed by atoms with E-state index in [9.17, 15) is 19.5 Å². The molecule has 2 amide bonds. The first kappa shape index (κ1) is 37.7. The SMILES string of the molecule is COc1ccc(-c2nn[nH]n2)cc1C(=O)N1CCC(CCN2CCC(C(=O)NN3CCCCC3C(=O)O)(c3ccccc3)CC2)(c2ccc(Cl)c(Cl)c2)C1. The molecule has 0 spiro atoms. The van der Waals surface area contributed by atoms with Gasteiger partial charge in [0.1, 0.15) is 11.8 Å². The summed E-state index contributed by atoms with van der Waals surface area (Å²) in [5.41, 5.74) is 4.85. The van der Waals surface area contributed by atoms with Gasteiger partial charge in [0.25, 0.3) is 5.91 Å². The lowest BCUT2D eigenvalue weighted by molar-refractivity contribution is -0.149. The molecule has 4 aromatic rings. The molecule has 13 nitrogen and oxygen atoms in total. The van der Waals surface area contributed by atoms with Crippen LogP contribution in [0.25, 0.3) is 11.4 Å². The zero-order chi connectivity index (χ0) is 37.9. The number of methoxy groups -OCH3 is 1. The monoisotopic (exact) mass is 774 g/mol. The van der Waals surface area contributed by atoms with Gasteiger partial charge in [-0.05, 0) is 111 Å². The van der Waals surface area contributed by atoms with Gasteiger partial charge in [-0.25, -0.2) is 5.01 Å². The minimum atomic E-state index is -0.918. The van der Waals surface area contributed by atoms with E-state index in [1.807, 2.05) is 53.4 Å². The predicted molar refractivity (Wildman–Crippen MR) is 203 cm³/mol. The van der Waals surface area contributed by atoms with Gasteiger partial charge in [0.2, 0.25) is 11.7 Å². The van der Waals surface area contributed by atoms with E-state index < -0.39 is 22.8 Å². The van der Waals surface area contributed by atoms with Gasteiger partial charge < -0.3 is 19.6 Å². The van der Waals surface area contributed by atoms with Crippen LogP contribution in [0.15, 0.2) is 66.7 Å². The fourth-order valence-electron chi connectivity index (χ4n) is 8.42. The molecule has 15 heteroatoms. The van der Waals surface area contributed by atoms with E-state index in [0.29, 0.717) is 91.2 Å². The van der Waals surface area contributed by atoms with Gasteiger partial charge in [0.15, 0.2) is 0 Å². The van der Waals surface area contributed by atoms with E-state index in [2.05, 4.69) is 30.9 Å². The average molecular weight is 776 g/mol. The molecule has 7 rings (SSSR count). The Hall–Kier alpha value is -4.56. The fourth-order valence-corrected chi connectivity index (χ4v) is 8.72. The van der Waals surface area contributed by atoms with Gasteiger partial charge in [-0.2, -0.15) is 5.21 Å². The van der Waals surface area contributed by atoms with Crippen molar-refractivity contribution >= 4 is 41.0 Å². The van der Waals surface area contributed by atoms with Crippen molar-refractivity contribution in [2.24, 2.45) is 0 Å². The van der Waals surface area contributed by atoms with Gasteiger partial charge in [0, 0.05) is 30.6 Å². The number of benzene rings is 3. The Kier molecular flexibility index (Phi) is 11.2. The van der Waals surface area contributed by atoms with Crippen LogP contribution in [0.4, 0.5) is 0 Å². The highest BCUT2D eigenvalue weighted by molar-refractivity contribution is 6.42. The highest BCUT2D eigenvalue weighted by Crippen LogP contribution is 2.43. The molecule has 0 bridgehead atoms. The van der Waals surface area contributed by atoms with Crippen molar-refractivity contribution in [1.82, 2.24) is 40.9 Å². The van der Waals surface area contributed by atoms with Crippen LogP contribution in [0.3, 0.4) is 0 Å². The first-order valence-electron chi connectivity index (χ1n) is 18.4. The number of carboxylic acids is 1. The molecule has 3 aromatic carbocycles. The first-order valence-corrected chi connectivity index (χ1v) is 19.1. The summed E-state index contributed by atoms with van der Waals surface area (Å²) in [6.07, 6.45) is 4.78. The Labute approximate surface area is 323 Å². The van der Waals surface area contributed by atoms with E-state index in [-0.39, 0.29) is 11.8 Å². The Balaban J connectivity index is 1.09. The van der Waals surface area contributed by atoms with Crippen molar-refractivity contribution in [2.45, 2.75) is 61.8 Å². The molecule has 3 aliphatic rings. The molecule has 3 N–H and O–H groups in total. The molecule has 284 valence electrons.